The van der Waals surface area contributed by atoms with Crippen LogP contribution in [0, 0.1) is 11.3 Å². The van der Waals surface area contributed by atoms with E-state index >= 15 is 0 Å². The largest absolute Gasteiger partial charge is 0.478 e. The van der Waals surface area contributed by atoms with Crippen LogP contribution in [0.25, 0.3) is 16.1 Å². The summed E-state index contributed by atoms with van der Waals surface area (Å²) in [6.07, 6.45) is 0. The quantitative estimate of drug-likeness (QED) is 0.631. The highest BCUT2D eigenvalue weighted by Gasteiger charge is 2.26. The maximum Gasteiger partial charge on any atom is 0.335 e. The predicted molar refractivity (Wildman–Crippen MR) is 93.3 cm³/mol. The third-order valence-electron chi connectivity index (χ3n) is 3.38. The number of thiol groups is 1. The summed E-state index contributed by atoms with van der Waals surface area (Å²) in [5.41, 5.74) is 0.795. The molecule has 24 heavy (non-hydrogen) atoms. The van der Waals surface area contributed by atoms with E-state index in [2.05, 4.69) is 23.3 Å². The Morgan fingerprint density at radius 3 is 2.71 bits per heavy atom. The number of carboxylic acid groups (broad SMARTS) is 1. The molecule has 1 aromatic heterocycles. The first-order valence-electron chi connectivity index (χ1n) is 6.83. The van der Waals surface area contributed by atoms with Gasteiger partial charge >= 0.3 is 5.97 Å². The molecule has 1 aliphatic rings. The van der Waals surface area contributed by atoms with Gasteiger partial charge in [-0.15, -0.1) is 24.0 Å². The molecule has 1 aliphatic heterocycles. The number of rotatable bonds is 3. The number of hydrogen-bond donors (Lipinski definition) is 4. The van der Waals surface area contributed by atoms with Crippen molar-refractivity contribution in [3.8, 4) is 16.5 Å². The van der Waals surface area contributed by atoms with E-state index in [9.17, 15) is 14.9 Å². The van der Waals surface area contributed by atoms with Crippen LogP contribution in [-0.2, 0) is 4.79 Å². The van der Waals surface area contributed by atoms with E-state index in [4.69, 9.17) is 5.11 Å². The highest BCUT2D eigenvalue weighted by Crippen LogP contribution is 2.33. The van der Waals surface area contributed by atoms with Crippen molar-refractivity contribution >= 4 is 41.5 Å². The summed E-state index contributed by atoms with van der Waals surface area (Å²) in [7, 11) is 0. The normalized spacial score (nSPS) is 17.0. The van der Waals surface area contributed by atoms with Crippen LogP contribution < -0.4 is 10.6 Å². The van der Waals surface area contributed by atoms with E-state index in [0.717, 1.165) is 10.4 Å². The van der Waals surface area contributed by atoms with Gasteiger partial charge in [-0.05, 0) is 29.8 Å². The van der Waals surface area contributed by atoms with Crippen LogP contribution in [0.4, 0.5) is 0 Å². The molecule has 2 aromatic rings. The Hall–Kier alpha value is -2.76. The first-order chi connectivity index (χ1) is 11.5. The molecule has 120 valence electrons. The van der Waals surface area contributed by atoms with Gasteiger partial charge in [0.25, 0.3) is 5.91 Å². The number of hydrogen-bond acceptors (Lipinski definition) is 6. The van der Waals surface area contributed by atoms with Crippen molar-refractivity contribution in [2.24, 2.45) is 0 Å². The second-order valence-corrected chi connectivity index (χ2v) is 6.53. The van der Waals surface area contributed by atoms with E-state index < -0.39 is 17.4 Å². The highest BCUT2D eigenvalue weighted by molar-refractivity contribution is 7.80. The SMILES string of the molecule is N#CC1=C(c2ccc(-c3cccc(C(=O)O)c3)s2)NC(S)NC1=O. The summed E-state index contributed by atoms with van der Waals surface area (Å²) >= 11 is 5.53. The van der Waals surface area contributed by atoms with Gasteiger partial charge in [-0.2, -0.15) is 5.26 Å². The Morgan fingerprint density at radius 1 is 1.25 bits per heavy atom. The van der Waals surface area contributed by atoms with E-state index in [1.807, 2.05) is 18.2 Å². The Kier molecular flexibility index (Phi) is 4.29. The number of amides is 1. The summed E-state index contributed by atoms with van der Waals surface area (Å²) in [6, 6.07) is 12.1. The molecule has 6 nitrogen and oxygen atoms in total. The van der Waals surface area contributed by atoms with Crippen molar-refractivity contribution in [1.82, 2.24) is 10.6 Å². The number of carboxylic acids is 1. The van der Waals surface area contributed by atoms with Gasteiger partial charge in [0, 0.05) is 4.88 Å². The van der Waals surface area contributed by atoms with Crippen LogP contribution in [0.15, 0.2) is 42.0 Å². The van der Waals surface area contributed by atoms with Gasteiger partial charge in [-0.25, -0.2) is 4.79 Å². The fourth-order valence-corrected chi connectivity index (χ4v) is 3.55. The number of aromatic carboxylic acids is 1. The molecule has 0 radical (unpaired) electrons. The first kappa shape index (κ1) is 16.1. The number of benzene rings is 1. The summed E-state index contributed by atoms with van der Waals surface area (Å²) in [5.74, 6) is -1.47. The molecule has 1 amide bonds. The average molecular weight is 357 g/mol. The Balaban J connectivity index is 2.02. The molecule has 0 aliphatic carbocycles. The van der Waals surface area contributed by atoms with Crippen LogP contribution in [0.2, 0.25) is 0 Å². The van der Waals surface area contributed by atoms with Crippen LogP contribution in [0.1, 0.15) is 15.2 Å². The summed E-state index contributed by atoms with van der Waals surface area (Å²) in [5, 5.41) is 23.8. The number of carbonyl (C=O) groups is 2. The molecule has 1 unspecified atom stereocenters. The smallest absolute Gasteiger partial charge is 0.335 e. The van der Waals surface area contributed by atoms with Gasteiger partial charge in [0.05, 0.1) is 16.1 Å². The van der Waals surface area contributed by atoms with Crippen LogP contribution in [0.5, 0.6) is 0 Å². The van der Waals surface area contributed by atoms with Crippen molar-refractivity contribution in [2.75, 3.05) is 0 Å². The van der Waals surface area contributed by atoms with Crippen molar-refractivity contribution in [2.45, 2.75) is 5.50 Å². The summed E-state index contributed by atoms with van der Waals surface area (Å²) < 4.78 is 0. The van der Waals surface area contributed by atoms with Crippen LogP contribution in [-0.4, -0.2) is 22.5 Å². The molecule has 1 aromatic carbocycles. The average Bonchev–Trinajstić information content (AvgIpc) is 3.04. The Bertz CT molecular complexity index is 911. The second kappa shape index (κ2) is 6.39. The van der Waals surface area contributed by atoms with Crippen LogP contribution in [0.3, 0.4) is 0 Å². The second-order valence-electron chi connectivity index (χ2n) is 4.93. The number of carbonyl (C=O) groups excluding carboxylic acids is 1. The van der Waals surface area contributed by atoms with Gasteiger partial charge in [0.2, 0.25) is 0 Å². The monoisotopic (exact) mass is 357 g/mol. The van der Waals surface area contributed by atoms with Gasteiger partial charge < -0.3 is 15.7 Å². The van der Waals surface area contributed by atoms with E-state index in [-0.39, 0.29) is 11.1 Å². The number of nitriles is 1. The number of nitrogens with zero attached hydrogens (tertiary/aromatic N) is 1. The van der Waals surface area contributed by atoms with Gasteiger partial charge in [-0.3, -0.25) is 4.79 Å². The lowest BCUT2D eigenvalue weighted by molar-refractivity contribution is -0.117. The van der Waals surface area contributed by atoms with Crippen molar-refractivity contribution < 1.29 is 14.7 Å². The van der Waals surface area contributed by atoms with Crippen LogP contribution >= 0.6 is 24.0 Å². The fraction of sp³-hybridized carbons (Fsp3) is 0.0625. The van der Waals surface area contributed by atoms with Gasteiger partial charge in [0.15, 0.2) is 0 Å². The van der Waals surface area contributed by atoms with E-state index in [1.54, 1.807) is 18.2 Å². The molecule has 0 saturated carbocycles. The third-order valence-corrected chi connectivity index (χ3v) is 4.79. The minimum absolute atomic E-state index is 0.00649. The summed E-state index contributed by atoms with van der Waals surface area (Å²) in [4.78, 5) is 24.5. The highest BCUT2D eigenvalue weighted by atomic mass is 32.1. The zero-order valence-corrected chi connectivity index (χ0v) is 13.8. The maximum atomic E-state index is 11.9. The molecule has 2 heterocycles. The third kappa shape index (κ3) is 2.99. The Morgan fingerprint density at radius 2 is 2.00 bits per heavy atom. The molecule has 3 N–H and O–H groups in total. The van der Waals surface area contributed by atoms with Crippen molar-refractivity contribution in [1.29, 1.82) is 5.26 Å². The molecule has 0 saturated heterocycles. The van der Waals surface area contributed by atoms with Gasteiger partial charge in [0.1, 0.15) is 17.1 Å². The lowest BCUT2D eigenvalue weighted by Gasteiger charge is -2.23. The lowest BCUT2D eigenvalue weighted by Crippen LogP contribution is -2.46. The number of nitrogens with one attached hydrogen (secondary N) is 2. The first-order valence-corrected chi connectivity index (χ1v) is 8.16. The van der Waals surface area contributed by atoms with E-state index in [1.165, 1.54) is 17.4 Å². The molecular weight excluding hydrogens is 346 g/mol. The standard InChI is InChI=1S/C16H11N3O3S2/c17-7-10-13(18-16(23)19-14(10)20)12-5-4-11(24-12)8-2-1-3-9(6-8)15(21)22/h1-6,16,18,23H,(H,19,20)(H,21,22). The fourth-order valence-electron chi connectivity index (χ4n) is 2.29. The number of thiophene rings is 1. The maximum absolute atomic E-state index is 11.9. The topological polar surface area (TPSA) is 102 Å². The molecule has 1 atom stereocenters. The minimum Gasteiger partial charge on any atom is -0.478 e. The predicted octanol–water partition coefficient (Wildman–Crippen LogP) is 2.28. The molecule has 3 rings (SSSR count). The molecule has 0 bridgehead atoms. The van der Waals surface area contributed by atoms with Gasteiger partial charge in [-0.1, -0.05) is 12.1 Å². The zero-order valence-electron chi connectivity index (χ0n) is 12.1. The minimum atomic E-state index is -0.994. The lowest BCUT2D eigenvalue weighted by atomic mass is 10.1. The van der Waals surface area contributed by atoms with E-state index in [0.29, 0.717) is 10.6 Å². The summed E-state index contributed by atoms with van der Waals surface area (Å²) in [6.45, 7) is 0. The Labute approximate surface area is 146 Å². The molecule has 0 spiro atoms. The molecular formula is C16H11N3O3S2. The molecule has 8 heteroatoms. The molecule has 0 fully saturated rings. The van der Waals surface area contributed by atoms with Crippen molar-refractivity contribution in [3.05, 3.63) is 52.4 Å². The zero-order chi connectivity index (χ0) is 17.3. The van der Waals surface area contributed by atoms with Crippen molar-refractivity contribution in [3.63, 3.8) is 0 Å².